The van der Waals surface area contributed by atoms with Gasteiger partial charge < -0.3 is 31.5 Å². The molecule has 160 valence electrons. The highest BCUT2D eigenvalue weighted by Gasteiger charge is 2.47. The lowest BCUT2D eigenvalue weighted by Gasteiger charge is -2.17. The number of nitrogen functional groups attached to an aromatic ring is 1. The van der Waals surface area contributed by atoms with Gasteiger partial charge in [-0.15, -0.1) is 0 Å². The zero-order chi connectivity index (χ0) is 21.1. The van der Waals surface area contributed by atoms with Gasteiger partial charge in [-0.1, -0.05) is 6.92 Å². The molecule has 0 radical (unpaired) electrons. The Labute approximate surface area is 170 Å². The third-order valence-electron chi connectivity index (χ3n) is 4.93. The molecule has 0 bridgehead atoms. The minimum absolute atomic E-state index is 0.190. The van der Waals surface area contributed by atoms with Crippen LogP contribution >= 0.6 is 0 Å². The Bertz CT molecular complexity index is 851. The maximum Gasteiger partial charge on any atom is 0.320 e. The maximum atomic E-state index is 11.0. The normalized spacial score (nSPS) is 26.6. The number of carbonyl (C=O) groups is 1. The molecule has 7 N–H and O–H groups in total. The van der Waals surface area contributed by atoms with Crippen LogP contribution in [-0.4, -0.2) is 82.4 Å². The third-order valence-corrected chi connectivity index (χ3v) is 7.52. The summed E-state index contributed by atoms with van der Waals surface area (Å²) in [6, 6.07) is -0.905. The van der Waals surface area contributed by atoms with Crippen LogP contribution in [0.1, 0.15) is 26.0 Å². The summed E-state index contributed by atoms with van der Waals surface area (Å²) < 4.78 is 7.53. The van der Waals surface area contributed by atoms with Crippen molar-refractivity contribution in [2.75, 3.05) is 23.0 Å². The van der Waals surface area contributed by atoms with E-state index in [2.05, 4.69) is 15.0 Å². The minimum atomic E-state index is -1.16. The van der Waals surface area contributed by atoms with Crippen molar-refractivity contribution in [3.8, 4) is 0 Å². The number of aromatic nitrogens is 4. The second-order valence-corrected chi connectivity index (χ2v) is 9.42. The van der Waals surface area contributed by atoms with Crippen molar-refractivity contribution in [2.45, 2.75) is 50.3 Å². The molecule has 29 heavy (non-hydrogen) atoms. The van der Waals surface area contributed by atoms with Crippen LogP contribution in [0.5, 0.6) is 0 Å². The lowest BCUT2D eigenvalue weighted by molar-refractivity contribution is -0.138. The summed E-state index contributed by atoms with van der Waals surface area (Å²) in [6.07, 6.45) is 0.327. The van der Waals surface area contributed by atoms with Crippen molar-refractivity contribution in [1.29, 1.82) is 0 Å². The topological polar surface area (TPSA) is 183 Å². The number of aliphatic carboxylic acids is 1. The van der Waals surface area contributed by atoms with Crippen molar-refractivity contribution in [3.63, 3.8) is 0 Å². The molecule has 0 amide bonds. The fraction of sp³-hybridized carbons (Fsp3) is 0.647. The molecule has 11 nitrogen and oxygen atoms in total. The zero-order valence-corrected chi connectivity index (χ0v) is 16.9. The Morgan fingerprint density at radius 3 is 2.76 bits per heavy atom. The van der Waals surface area contributed by atoms with E-state index in [1.54, 1.807) is 4.57 Å². The predicted octanol–water partition coefficient (Wildman–Crippen LogP) is -1.14. The Balaban J connectivity index is 1.72. The molecule has 6 atom stereocenters. The van der Waals surface area contributed by atoms with E-state index >= 15 is 0 Å². The van der Waals surface area contributed by atoms with Crippen LogP contribution in [0.4, 0.5) is 5.82 Å². The molecule has 3 rings (SSSR count). The van der Waals surface area contributed by atoms with Crippen LogP contribution in [0.25, 0.3) is 11.2 Å². The minimum Gasteiger partial charge on any atom is -0.480 e. The Morgan fingerprint density at radius 2 is 2.07 bits per heavy atom. The molecular weight excluding hydrogens is 400 g/mol. The highest BCUT2D eigenvalue weighted by molar-refractivity contribution is 7.96. The first kappa shape index (κ1) is 21.7. The number of hydrogen-bond donors (Lipinski definition) is 5. The quantitative estimate of drug-likeness (QED) is 0.307. The van der Waals surface area contributed by atoms with Gasteiger partial charge in [0, 0.05) is 6.42 Å². The standard InChI is InChI=1S/C17H26N6O5S/c1-2-4-29(5-3-9(18)17(26)27)6-10-12(24)13(25)16(28-10)23-8-22-11-14(19)20-7-21-15(11)23/h7-10,12-13,16,24-25H,2-6,18H2,1H3,(H2-,19,20,21,26,27)/p+1/t9?,10-,12-,13-,16-,29?/m1/s1. The van der Waals surface area contributed by atoms with Gasteiger partial charge in [-0.05, 0) is 17.3 Å². The average Bonchev–Trinajstić information content (AvgIpc) is 3.23. The number of aliphatic hydroxyl groups is 2. The van der Waals surface area contributed by atoms with E-state index in [9.17, 15) is 15.0 Å². The first-order valence-corrected chi connectivity index (χ1v) is 11.1. The van der Waals surface area contributed by atoms with Gasteiger partial charge in [0.05, 0.1) is 6.33 Å². The van der Waals surface area contributed by atoms with E-state index in [0.717, 1.165) is 12.2 Å². The first-order valence-electron chi connectivity index (χ1n) is 9.40. The predicted molar refractivity (Wildman–Crippen MR) is 108 cm³/mol. The number of carboxylic acid groups (broad SMARTS) is 1. The molecule has 0 aromatic carbocycles. The summed E-state index contributed by atoms with van der Waals surface area (Å²) in [7, 11) is -0.190. The summed E-state index contributed by atoms with van der Waals surface area (Å²) >= 11 is 0. The van der Waals surface area contributed by atoms with Crippen molar-refractivity contribution < 1.29 is 24.9 Å². The molecule has 0 spiro atoms. The van der Waals surface area contributed by atoms with Crippen molar-refractivity contribution in [3.05, 3.63) is 12.7 Å². The molecule has 2 unspecified atom stereocenters. The number of carboxylic acids is 1. The molecule has 1 saturated heterocycles. The van der Waals surface area contributed by atoms with E-state index in [4.69, 9.17) is 21.3 Å². The fourth-order valence-corrected chi connectivity index (χ4v) is 5.80. The molecule has 12 heteroatoms. The number of nitrogens with zero attached hydrogens (tertiary/aromatic N) is 4. The number of imidazole rings is 1. The summed E-state index contributed by atoms with van der Waals surface area (Å²) in [5, 5.41) is 30.1. The van der Waals surface area contributed by atoms with Crippen molar-refractivity contribution in [1.82, 2.24) is 19.5 Å². The van der Waals surface area contributed by atoms with Gasteiger partial charge in [-0.2, -0.15) is 0 Å². The monoisotopic (exact) mass is 427 g/mol. The van der Waals surface area contributed by atoms with Crippen LogP contribution in [0.2, 0.25) is 0 Å². The molecule has 1 aliphatic rings. The van der Waals surface area contributed by atoms with Crippen LogP contribution in [0.15, 0.2) is 12.7 Å². The van der Waals surface area contributed by atoms with Crippen molar-refractivity contribution >= 4 is 33.8 Å². The van der Waals surface area contributed by atoms with Gasteiger partial charge in [-0.3, -0.25) is 9.36 Å². The highest BCUT2D eigenvalue weighted by atomic mass is 32.2. The molecular formula is C17H27N6O5S+. The van der Waals surface area contributed by atoms with Crippen LogP contribution in [-0.2, 0) is 20.4 Å². The van der Waals surface area contributed by atoms with Crippen LogP contribution in [0, 0.1) is 0 Å². The summed E-state index contributed by atoms with van der Waals surface area (Å²) in [5.74, 6) is 1.21. The Hall–Kier alpha value is -1.99. The number of aliphatic hydroxyl groups excluding tert-OH is 2. The second-order valence-electron chi connectivity index (χ2n) is 7.05. The Morgan fingerprint density at radius 1 is 1.31 bits per heavy atom. The van der Waals surface area contributed by atoms with E-state index < -0.39 is 36.6 Å². The Kier molecular flexibility index (Phi) is 6.90. The average molecular weight is 428 g/mol. The largest absolute Gasteiger partial charge is 0.480 e. The van der Waals surface area contributed by atoms with Crippen LogP contribution in [0.3, 0.4) is 0 Å². The first-order chi connectivity index (χ1) is 13.8. The number of ether oxygens (including phenoxy) is 1. The van der Waals surface area contributed by atoms with Crippen LogP contribution < -0.4 is 11.5 Å². The summed E-state index contributed by atoms with van der Waals surface area (Å²) in [4.78, 5) is 23.2. The molecule has 2 aromatic rings. The summed E-state index contributed by atoms with van der Waals surface area (Å²) in [6.45, 7) is 2.04. The molecule has 0 aliphatic carbocycles. The van der Waals surface area contributed by atoms with E-state index in [1.165, 1.54) is 12.7 Å². The van der Waals surface area contributed by atoms with Gasteiger partial charge in [0.2, 0.25) is 0 Å². The number of nitrogens with two attached hydrogens (primary N) is 2. The molecule has 0 saturated carbocycles. The van der Waals surface area contributed by atoms with E-state index in [-0.39, 0.29) is 16.7 Å². The maximum absolute atomic E-state index is 11.0. The van der Waals surface area contributed by atoms with E-state index in [1.807, 2.05) is 6.92 Å². The number of fused-ring (bicyclic) bond motifs is 1. The smallest absolute Gasteiger partial charge is 0.320 e. The van der Waals surface area contributed by atoms with Crippen molar-refractivity contribution in [2.24, 2.45) is 5.73 Å². The molecule has 1 aliphatic heterocycles. The van der Waals surface area contributed by atoms with Gasteiger partial charge in [0.15, 0.2) is 17.7 Å². The van der Waals surface area contributed by atoms with Gasteiger partial charge in [-0.25, -0.2) is 15.0 Å². The SMILES string of the molecule is CCC[S+](CCC(N)C(=O)O)C[C@H]1O[C@@H](n2cnc3c(N)ncnc32)[C@H](O)[C@@H]1O. The third kappa shape index (κ3) is 4.61. The van der Waals surface area contributed by atoms with E-state index in [0.29, 0.717) is 29.1 Å². The number of rotatable bonds is 9. The summed E-state index contributed by atoms with van der Waals surface area (Å²) in [5.41, 5.74) is 12.2. The van der Waals surface area contributed by atoms with Gasteiger partial charge in [0.1, 0.15) is 53.5 Å². The fourth-order valence-electron chi connectivity index (χ4n) is 3.36. The lowest BCUT2D eigenvalue weighted by atomic mass is 10.1. The number of hydrogen-bond acceptors (Lipinski definition) is 9. The molecule has 1 fully saturated rings. The van der Waals surface area contributed by atoms with Gasteiger partial charge in [0.25, 0.3) is 0 Å². The number of anilines is 1. The molecule has 3 heterocycles. The van der Waals surface area contributed by atoms with Gasteiger partial charge >= 0.3 is 5.97 Å². The highest BCUT2D eigenvalue weighted by Crippen LogP contribution is 2.33. The lowest BCUT2D eigenvalue weighted by Crippen LogP contribution is -2.38. The molecule has 2 aromatic heterocycles. The second kappa shape index (κ2) is 9.22. The zero-order valence-electron chi connectivity index (χ0n) is 16.1.